The number of aliphatic hydroxyl groups excluding tert-OH is 1. The monoisotopic (exact) mass is 742 g/mol. The van der Waals surface area contributed by atoms with Gasteiger partial charge in [0.2, 0.25) is 11.8 Å². The van der Waals surface area contributed by atoms with E-state index in [1.165, 1.54) is 30.9 Å². The number of anilines is 1. The minimum atomic E-state index is -1.08. The molecule has 2 atom stereocenters. The minimum absolute atomic E-state index is 0.0666. The fourth-order valence-corrected chi connectivity index (χ4v) is 9.63. The van der Waals surface area contributed by atoms with Crippen molar-refractivity contribution in [3.8, 4) is 11.3 Å². The standard InChI is InChI=1S/C45H50N4O6/c50-35-12-8-24-48(28-35)43(54)33-25-31-11-4-5-13-36(31)41-40(30-9-2-1-3-10-30)37-20-17-32(26-38(37)49(41)27-33)42(53)47-45(22-6-7-23-45)44(55)46-34-18-14-29(15-19-34)16-21-39(51)52/h4-5,11,13-21,26,30,33,35,50H,1-3,6-10,12,22-25,27-28H2,(H,46,55)(H,47,53)(H,51,52)/b21-16+. The smallest absolute Gasteiger partial charge is 0.328 e. The number of aliphatic hydroxyl groups is 1. The Kier molecular flexibility index (Phi) is 10.3. The summed E-state index contributed by atoms with van der Waals surface area (Å²) in [5, 5.41) is 26.7. The molecule has 8 rings (SSSR count). The predicted octanol–water partition coefficient (Wildman–Crippen LogP) is 7.29. The molecular weight excluding hydrogens is 693 g/mol. The van der Waals surface area contributed by atoms with Crippen LogP contribution in [0.1, 0.15) is 104 Å². The van der Waals surface area contributed by atoms with Gasteiger partial charge in [0.25, 0.3) is 5.91 Å². The molecule has 3 fully saturated rings. The molecule has 286 valence electrons. The first kappa shape index (κ1) is 36.7. The number of carboxylic acids is 1. The Morgan fingerprint density at radius 3 is 2.35 bits per heavy atom. The summed E-state index contributed by atoms with van der Waals surface area (Å²) in [5.74, 6) is -1.51. The lowest BCUT2D eigenvalue weighted by atomic mass is 9.81. The second-order valence-corrected chi connectivity index (χ2v) is 16.1. The van der Waals surface area contributed by atoms with Crippen LogP contribution in [0.2, 0.25) is 0 Å². The second-order valence-electron chi connectivity index (χ2n) is 16.1. The third-order valence-corrected chi connectivity index (χ3v) is 12.4. The third-order valence-electron chi connectivity index (χ3n) is 12.4. The number of β-amino-alcohol motifs (C(OH)–C–C–N with tert-alkyl or cyclic N) is 1. The average molecular weight is 743 g/mol. The van der Waals surface area contributed by atoms with E-state index in [9.17, 15) is 24.3 Å². The number of piperidine rings is 1. The van der Waals surface area contributed by atoms with Crippen molar-refractivity contribution in [2.75, 3.05) is 18.4 Å². The molecule has 4 N–H and O–H groups in total. The van der Waals surface area contributed by atoms with Crippen LogP contribution < -0.4 is 10.6 Å². The molecule has 0 bridgehead atoms. The number of likely N-dealkylation sites (tertiary alicyclic amines) is 1. The zero-order valence-corrected chi connectivity index (χ0v) is 31.3. The van der Waals surface area contributed by atoms with E-state index in [0.29, 0.717) is 68.0 Å². The van der Waals surface area contributed by atoms with Gasteiger partial charge in [0, 0.05) is 53.4 Å². The van der Waals surface area contributed by atoms with Crippen LogP contribution in [0.15, 0.2) is 72.8 Å². The van der Waals surface area contributed by atoms with Gasteiger partial charge in [0.15, 0.2) is 0 Å². The molecule has 0 spiro atoms. The molecule has 3 heterocycles. The molecule has 0 radical (unpaired) electrons. The molecular formula is C45H50N4O6. The van der Waals surface area contributed by atoms with E-state index in [-0.39, 0.29) is 23.6 Å². The maximum atomic E-state index is 14.3. The first-order valence-electron chi connectivity index (χ1n) is 20.1. The van der Waals surface area contributed by atoms with Gasteiger partial charge in [-0.15, -0.1) is 0 Å². The van der Waals surface area contributed by atoms with Crippen LogP contribution in [0, 0.1) is 5.92 Å². The first-order valence-corrected chi connectivity index (χ1v) is 20.1. The van der Waals surface area contributed by atoms with Crippen molar-refractivity contribution in [1.29, 1.82) is 0 Å². The molecule has 2 unspecified atom stereocenters. The van der Waals surface area contributed by atoms with Crippen molar-refractivity contribution in [2.24, 2.45) is 5.92 Å². The topological polar surface area (TPSA) is 141 Å². The molecule has 3 aromatic carbocycles. The van der Waals surface area contributed by atoms with Gasteiger partial charge in [-0.25, -0.2) is 4.79 Å². The Morgan fingerprint density at radius 2 is 1.60 bits per heavy atom. The summed E-state index contributed by atoms with van der Waals surface area (Å²) in [6.45, 7) is 1.48. The number of aromatic nitrogens is 1. The fraction of sp³-hybridized carbons (Fsp3) is 0.422. The van der Waals surface area contributed by atoms with Crippen molar-refractivity contribution >= 4 is 46.4 Å². The highest BCUT2D eigenvalue weighted by molar-refractivity contribution is 6.06. The first-order chi connectivity index (χ1) is 26.7. The normalized spacial score (nSPS) is 21.1. The average Bonchev–Trinajstić information content (AvgIpc) is 3.76. The number of nitrogens with zero attached hydrogens (tertiary/aromatic N) is 2. The van der Waals surface area contributed by atoms with E-state index in [1.807, 2.05) is 17.0 Å². The number of nitrogens with one attached hydrogen (secondary N) is 2. The highest BCUT2D eigenvalue weighted by Crippen LogP contribution is 2.47. The molecule has 1 aromatic heterocycles. The fourth-order valence-electron chi connectivity index (χ4n) is 9.63. The van der Waals surface area contributed by atoms with Gasteiger partial charge in [-0.05, 0) is 97.9 Å². The van der Waals surface area contributed by atoms with Gasteiger partial charge in [-0.3, -0.25) is 14.4 Å². The maximum Gasteiger partial charge on any atom is 0.328 e. The van der Waals surface area contributed by atoms with Crippen LogP contribution in [-0.2, 0) is 27.3 Å². The highest BCUT2D eigenvalue weighted by atomic mass is 16.4. The van der Waals surface area contributed by atoms with Gasteiger partial charge < -0.3 is 30.3 Å². The van der Waals surface area contributed by atoms with Gasteiger partial charge >= 0.3 is 5.97 Å². The van der Waals surface area contributed by atoms with Crippen molar-refractivity contribution < 1.29 is 29.4 Å². The van der Waals surface area contributed by atoms with Crippen molar-refractivity contribution in [2.45, 2.75) is 101 Å². The van der Waals surface area contributed by atoms with Crippen LogP contribution in [0.25, 0.3) is 28.2 Å². The van der Waals surface area contributed by atoms with Gasteiger partial charge in [-0.1, -0.05) is 74.6 Å². The van der Waals surface area contributed by atoms with Crippen LogP contribution >= 0.6 is 0 Å². The predicted molar refractivity (Wildman–Crippen MR) is 213 cm³/mol. The number of amides is 3. The van der Waals surface area contributed by atoms with Crippen molar-refractivity contribution in [3.05, 3.63) is 95.1 Å². The number of carbonyl (C=O) groups excluding carboxylic acids is 3. The number of benzene rings is 3. The maximum absolute atomic E-state index is 14.3. The number of hydrogen-bond donors (Lipinski definition) is 4. The Bertz CT molecular complexity index is 2140. The summed E-state index contributed by atoms with van der Waals surface area (Å²) < 4.78 is 2.30. The molecule has 2 saturated carbocycles. The number of hydrogen-bond acceptors (Lipinski definition) is 5. The Balaban J connectivity index is 1.14. The van der Waals surface area contributed by atoms with Crippen molar-refractivity contribution in [1.82, 2.24) is 14.8 Å². The zero-order chi connectivity index (χ0) is 38.1. The SMILES string of the molecule is O=C(O)/C=C/c1ccc(NC(=O)C2(NC(=O)c3ccc4c(C5CCCCC5)c5n(c4c3)CC(C(=O)N3CCCC(O)C3)Cc3ccccc3-5)CCCC2)cc1. The molecule has 10 nitrogen and oxygen atoms in total. The highest BCUT2D eigenvalue weighted by Gasteiger charge is 2.43. The largest absolute Gasteiger partial charge is 0.478 e. The summed E-state index contributed by atoms with van der Waals surface area (Å²) in [7, 11) is 0. The summed E-state index contributed by atoms with van der Waals surface area (Å²) >= 11 is 0. The number of fused-ring (bicyclic) bond motifs is 5. The lowest BCUT2D eigenvalue weighted by Crippen LogP contribution is -2.55. The van der Waals surface area contributed by atoms with E-state index >= 15 is 0 Å². The second kappa shape index (κ2) is 15.5. The number of carbonyl (C=O) groups is 4. The van der Waals surface area contributed by atoms with Crippen LogP contribution in [0.4, 0.5) is 5.69 Å². The quantitative estimate of drug-likeness (QED) is 0.140. The summed E-state index contributed by atoms with van der Waals surface area (Å²) in [6, 6.07) is 21.3. The lowest BCUT2D eigenvalue weighted by molar-refractivity contribution is -0.139. The van der Waals surface area contributed by atoms with Gasteiger partial charge in [0.05, 0.1) is 17.7 Å². The Labute approximate surface area is 321 Å². The molecule has 2 aliphatic carbocycles. The molecule has 4 aliphatic rings. The lowest BCUT2D eigenvalue weighted by Gasteiger charge is -2.33. The number of carboxylic acid groups (broad SMARTS) is 1. The summed E-state index contributed by atoms with van der Waals surface area (Å²) in [5.41, 5.74) is 6.34. The molecule has 55 heavy (non-hydrogen) atoms. The van der Waals surface area contributed by atoms with E-state index < -0.39 is 17.6 Å². The van der Waals surface area contributed by atoms with Crippen LogP contribution in [0.3, 0.4) is 0 Å². The summed E-state index contributed by atoms with van der Waals surface area (Å²) in [4.78, 5) is 55.2. The molecule has 1 saturated heterocycles. The van der Waals surface area contributed by atoms with E-state index in [4.69, 9.17) is 5.11 Å². The molecule has 10 heteroatoms. The van der Waals surface area contributed by atoms with Gasteiger partial charge in [-0.2, -0.15) is 0 Å². The Morgan fingerprint density at radius 1 is 0.836 bits per heavy atom. The minimum Gasteiger partial charge on any atom is -0.478 e. The summed E-state index contributed by atoms with van der Waals surface area (Å²) in [6.07, 6.45) is 12.6. The van der Waals surface area contributed by atoms with E-state index in [0.717, 1.165) is 65.9 Å². The van der Waals surface area contributed by atoms with E-state index in [2.05, 4.69) is 45.5 Å². The van der Waals surface area contributed by atoms with Crippen LogP contribution in [-0.4, -0.2) is 68.1 Å². The van der Waals surface area contributed by atoms with E-state index in [1.54, 1.807) is 24.3 Å². The van der Waals surface area contributed by atoms with Crippen LogP contribution in [0.5, 0.6) is 0 Å². The third kappa shape index (κ3) is 7.44. The molecule has 4 aromatic rings. The number of aliphatic carboxylic acids is 1. The van der Waals surface area contributed by atoms with Crippen molar-refractivity contribution in [3.63, 3.8) is 0 Å². The van der Waals surface area contributed by atoms with Gasteiger partial charge in [0.1, 0.15) is 5.54 Å². The molecule has 2 aliphatic heterocycles. The Hall–Kier alpha value is -5.22. The number of rotatable bonds is 8. The molecule has 3 amide bonds. The zero-order valence-electron chi connectivity index (χ0n) is 31.3.